The minimum Gasteiger partial charge on any atom is -0.0622 e. The minimum atomic E-state index is 1.17. The van der Waals surface area contributed by atoms with Crippen molar-refractivity contribution in [3.05, 3.63) is 264 Å². The quantitative estimate of drug-likeness (QED) is 0.108. The number of fused-ring (bicyclic) bond motifs is 3. The average molecular weight is 737 g/mol. The predicted octanol–water partition coefficient (Wildman–Crippen LogP) is 15.7. The summed E-state index contributed by atoms with van der Waals surface area (Å²) in [4.78, 5) is 0. The van der Waals surface area contributed by atoms with Gasteiger partial charge in [-0.1, -0.05) is 218 Å². The van der Waals surface area contributed by atoms with Gasteiger partial charge in [0, 0.05) is 0 Å². The van der Waals surface area contributed by atoms with Crippen LogP contribution in [0.15, 0.2) is 231 Å². The zero-order valence-corrected chi connectivity index (χ0v) is 32.1. The van der Waals surface area contributed by atoms with Gasteiger partial charge in [-0.25, -0.2) is 0 Å². The fourth-order valence-corrected chi connectivity index (χ4v) is 8.45. The van der Waals surface area contributed by atoms with Crippen LogP contribution in [0.2, 0.25) is 0 Å². The highest BCUT2D eigenvalue weighted by Gasteiger charge is 2.18. The van der Waals surface area contributed by atoms with Crippen molar-refractivity contribution in [2.75, 3.05) is 0 Å². The van der Waals surface area contributed by atoms with Gasteiger partial charge in [0.15, 0.2) is 0 Å². The molecular formula is C58H40. The van der Waals surface area contributed by atoms with E-state index < -0.39 is 0 Å². The molecule has 58 heavy (non-hydrogen) atoms. The largest absolute Gasteiger partial charge is 0.0622 e. The summed E-state index contributed by atoms with van der Waals surface area (Å²) in [5.41, 5.74) is 14.5. The normalized spacial score (nSPS) is 11.1. The maximum Gasteiger partial charge on any atom is -0.00261 e. The topological polar surface area (TPSA) is 0 Å². The molecule has 10 aromatic rings. The first kappa shape index (κ1) is 34.9. The lowest BCUT2D eigenvalue weighted by Gasteiger charge is -2.19. The van der Waals surface area contributed by atoms with Gasteiger partial charge in [0.1, 0.15) is 0 Å². The van der Waals surface area contributed by atoms with Gasteiger partial charge in [0.25, 0.3) is 0 Å². The third kappa shape index (κ3) is 6.83. The minimum absolute atomic E-state index is 1.17. The van der Waals surface area contributed by atoms with E-state index in [1.807, 2.05) is 0 Å². The first-order valence-corrected chi connectivity index (χ1v) is 20.0. The molecule has 0 bridgehead atoms. The van der Waals surface area contributed by atoms with Crippen LogP contribution in [0.4, 0.5) is 0 Å². The van der Waals surface area contributed by atoms with E-state index in [4.69, 9.17) is 0 Å². The summed E-state index contributed by atoms with van der Waals surface area (Å²) < 4.78 is 0. The Kier molecular flexibility index (Phi) is 9.35. The summed E-state index contributed by atoms with van der Waals surface area (Å²) in [6, 6.07) is 83.4. The van der Waals surface area contributed by atoms with Crippen LogP contribution in [0.3, 0.4) is 0 Å². The van der Waals surface area contributed by atoms with Crippen molar-refractivity contribution in [2.24, 2.45) is 0 Å². The van der Waals surface area contributed by atoms with E-state index in [0.29, 0.717) is 0 Å². The molecule has 0 atom stereocenters. The molecule has 0 nitrogen and oxygen atoms in total. The molecule has 0 aliphatic heterocycles. The van der Waals surface area contributed by atoms with Gasteiger partial charge in [-0.2, -0.15) is 0 Å². The van der Waals surface area contributed by atoms with Gasteiger partial charge < -0.3 is 0 Å². The SMILES string of the molecule is C(=C(c1ccccc1)c1ccccc1)c1ccc(-c2c3ccccc3c(-c3ccc(C=C(c4ccccc4)c4ccccc4)cc3)c3cc4ccccc4cc23)cc1. The van der Waals surface area contributed by atoms with Gasteiger partial charge in [0.2, 0.25) is 0 Å². The highest BCUT2D eigenvalue weighted by Crippen LogP contribution is 2.45. The molecule has 0 amide bonds. The van der Waals surface area contributed by atoms with Gasteiger partial charge in [-0.15, -0.1) is 0 Å². The van der Waals surface area contributed by atoms with Crippen LogP contribution >= 0.6 is 0 Å². The highest BCUT2D eigenvalue weighted by atomic mass is 14.2. The number of hydrogen-bond acceptors (Lipinski definition) is 0. The summed E-state index contributed by atoms with van der Waals surface area (Å²) in [6.07, 6.45) is 4.62. The maximum absolute atomic E-state index is 2.40. The molecule has 0 aliphatic carbocycles. The summed E-state index contributed by atoms with van der Waals surface area (Å²) in [6.45, 7) is 0. The third-order valence-electron chi connectivity index (χ3n) is 11.3. The van der Waals surface area contributed by atoms with Crippen molar-refractivity contribution in [3.63, 3.8) is 0 Å². The van der Waals surface area contributed by atoms with E-state index >= 15 is 0 Å². The lowest BCUT2D eigenvalue weighted by Crippen LogP contribution is -1.92. The Morgan fingerprint density at radius 3 is 0.879 bits per heavy atom. The second-order valence-corrected chi connectivity index (χ2v) is 14.9. The molecule has 10 rings (SSSR count). The van der Waals surface area contributed by atoms with Crippen LogP contribution in [-0.4, -0.2) is 0 Å². The molecule has 10 aromatic carbocycles. The van der Waals surface area contributed by atoms with E-state index in [9.17, 15) is 0 Å². The van der Waals surface area contributed by atoms with Crippen LogP contribution in [0.5, 0.6) is 0 Å². The van der Waals surface area contributed by atoms with Crippen molar-refractivity contribution in [3.8, 4) is 22.3 Å². The van der Waals surface area contributed by atoms with Crippen molar-refractivity contribution in [2.45, 2.75) is 0 Å². The molecule has 0 unspecified atom stereocenters. The number of benzene rings is 10. The Bertz CT molecular complexity index is 2790. The monoisotopic (exact) mass is 736 g/mol. The second-order valence-electron chi connectivity index (χ2n) is 14.9. The molecule has 0 heteroatoms. The van der Waals surface area contributed by atoms with Gasteiger partial charge in [-0.3, -0.25) is 0 Å². The van der Waals surface area contributed by atoms with Crippen molar-refractivity contribution in [1.82, 2.24) is 0 Å². The molecule has 0 saturated carbocycles. The molecule has 0 N–H and O–H groups in total. The van der Waals surface area contributed by atoms with Crippen molar-refractivity contribution >= 4 is 55.6 Å². The van der Waals surface area contributed by atoms with Crippen molar-refractivity contribution in [1.29, 1.82) is 0 Å². The lowest BCUT2D eigenvalue weighted by atomic mass is 9.84. The standard InChI is InChI=1S/C58H40/c1-5-17-43(18-6-1)53(44-19-7-2-8-20-44)37-41-29-33-47(34-30-41)57-51-27-15-16-28-52(51)58(56-40-50-26-14-13-25-49(50)39-55(56)57)48-35-31-42(32-36-48)38-54(45-21-9-3-10-22-45)46-23-11-4-12-24-46/h1-40H. The summed E-state index contributed by atoms with van der Waals surface area (Å²) >= 11 is 0. The molecule has 0 fully saturated rings. The average Bonchev–Trinajstić information content (AvgIpc) is 3.30. The second kappa shape index (κ2) is 15.5. The molecule has 0 aliphatic rings. The maximum atomic E-state index is 2.40. The number of rotatable bonds is 8. The highest BCUT2D eigenvalue weighted by molar-refractivity contribution is 6.23. The smallest absolute Gasteiger partial charge is 0.00261 e. The van der Waals surface area contributed by atoms with E-state index in [1.165, 1.54) is 99.1 Å². The fraction of sp³-hybridized carbons (Fsp3) is 0. The zero-order chi connectivity index (χ0) is 38.7. The lowest BCUT2D eigenvalue weighted by molar-refractivity contribution is 1.55. The Morgan fingerprint density at radius 2 is 0.552 bits per heavy atom. The molecule has 0 radical (unpaired) electrons. The Hall–Kier alpha value is -7.54. The van der Waals surface area contributed by atoms with Gasteiger partial charge >= 0.3 is 0 Å². The van der Waals surface area contributed by atoms with Crippen LogP contribution in [0, 0.1) is 0 Å². The molecule has 0 aromatic heterocycles. The Morgan fingerprint density at radius 1 is 0.259 bits per heavy atom. The van der Waals surface area contributed by atoms with E-state index in [-0.39, 0.29) is 0 Å². The molecule has 272 valence electrons. The molecule has 0 spiro atoms. The zero-order valence-electron chi connectivity index (χ0n) is 32.1. The van der Waals surface area contributed by atoms with E-state index in [1.54, 1.807) is 0 Å². The third-order valence-corrected chi connectivity index (χ3v) is 11.3. The van der Waals surface area contributed by atoms with Gasteiger partial charge in [0.05, 0.1) is 0 Å². The Balaban J connectivity index is 1.12. The van der Waals surface area contributed by atoms with Crippen LogP contribution in [0.1, 0.15) is 33.4 Å². The fourth-order valence-electron chi connectivity index (χ4n) is 8.45. The van der Waals surface area contributed by atoms with Gasteiger partial charge in [-0.05, 0) is 123 Å². The predicted molar refractivity (Wildman–Crippen MR) is 250 cm³/mol. The summed E-state index contributed by atoms with van der Waals surface area (Å²) in [7, 11) is 0. The first-order chi connectivity index (χ1) is 28.8. The van der Waals surface area contributed by atoms with E-state index in [0.717, 1.165) is 0 Å². The first-order valence-electron chi connectivity index (χ1n) is 20.0. The Labute approximate surface area is 340 Å². The molecule has 0 heterocycles. The number of hydrogen-bond donors (Lipinski definition) is 0. The van der Waals surface area contributed by atoms with Crippen LogP contribution in [0.25, 0.3) is 77.9 Å². The molecule has 0 saturated heterocycles. The molecular weight excluding hydrogens is 697 g/mol. The summed E-state index contributed by atoms with van der Waals surface area (Å²) in [5, 5.41) is 7.48. The van der Waals surface area contributed by atoms with E-state index in [2.05, 4.69) is 243 Å². The van der Waals surface area contributed by atoms with Crippen molar-refractivity contribution < 1.29 is 0 Å². The van der Waals surface area contributed by atoms with Crippen LogP contribution in [-0.2, 0) is 0 Å². The van der Waals surface area contributed by atoms with Crippen LogP contribution < -0.4 is 0 Å². The summed E-state index contributed by atoms with van der Waals surface area (Å²) in [5.74, 6) is 0.